The Labute approximate surface area is 118 Å². The molecule has 0 aliphatic heterocycles. The molecule has 108 valence electrons. The largest absolute Gasteiger partial charge is 2.00 e. The van der Waals surface area contributed by atoms with Gasteiger partial charge in [0.1, 0.15) is 22.7 Å². The van der Waals surface area contributed by atoms with Crippen LogP contribution in [0, 0.1) is 0 Å². The van der Waals surface area contributed by atoms with Gasteiger partial charge in [0, 0.05) is 0 Å². The van der Waals surface area contributed by atoms with E-state index < -0.39 is 45.4 Å². The smallest absolute Gasteiger partial charge is 0.749 e. The van der Waals surface area contributed by atoms with Gasteiger partial charge in [-0.2, -0.15) is 15.7 Å². The minimum Gasteiger partial charge on any atom is -0.749 e. The Morgan fingerprint density at radius 1 is 0.765 bits per heavy atom. The van der Waals surface area contributed by atoms with Gasteiger partial charge in [0.2, 0.25) is 0 Å². The molecule has 0 aromatic carbocycles. The maximum absolute atomic E-state index is 9.65. The van der Waals surface area contributed by atoms with Crippen LogP contribution in [0.1, 0.15) is 0 Å². The van der Waals surface area contributed by atoms with Gasteiger partial charge >= 0.3 is 43.8 Å². The fraction of sp³-hybridized carbons (Fsp3) is 0. The number of rotatable bonds is 6. The van der Waals surface area contributed by atoms with E-state index in [0.717, 1.165) is 0 Å². The normalized spacial score (nSPS) is 16.7. The minimum atomic E-state index is -2.93. The fourth-order valence-electron chi connectivity index (χ4n) is 0.116. The summed E-state index contributed by atoms with van der Waals surface area (Å²) in [6.07, 6.45) is 0. The molecule has 0 amide bonds. The average molecular weight is 517 g/mol. The summed E-state index contributed by atoms with van der Waals surface area (Å²) in [6.45, 7) is 0. The van der Waals surface area contributed by atoms with Gasteiger partial charge in [-0.3, -0.25) is 0 Å². The Bertz CT molecular complexity index is 244. The van der Waals surface area contributed by atoms with Crippen LogP contribution in [-0.2, 0) is 82.4 Å². The van der Waals surface area contributed by atoms with Crippen LogP contribution in [0.5, 0.6) is 0 Å². The Hall–Kier alpha value is 0.968. The monoisotopic (exact) mass is 517 g/mol. The first-order valence-electron chi connectivity index (χ1n) is 2.37. The van der Waals surface area contributed by atoms with Crippen LogP contribution in [-0.4, -0.2) is 36.5 Å². The van der Waals surface area contributed by atoms with E-state index in [2.05, 4.69) is 15.9 Å². The SMILES string of the molecule is O=S([O-])OS(=O)OO.O=S([O-])OS(=O)OO.[Pt+2]. The zero-order chi connectivity index (χ0) is 13.1. The average Bonchev–Trinajstić information content (AvgIpc) is 2.16. The van der Waals surface area contributed by atoms with E-state index in [1.54, 1.807) is 0 Å². The predicted octanol–water partition coefficient (Wildman–Crippen LogP) is -2.27. The first kappa shape index (κ1) is 23.1. The van der Waals surface area contributed by atoms with Gasteiger partial charge in [0.25, 0.3) is 0 Å². The van der Waals surface area contributed by atoms with Crippen molar-refractivity contribution in [2.75, 3.05) is 0 Å². The van der Waals surface area contributed by atoms with Crippen LogP contribution in [0.3, 0.4) is 0 Å². The second-order valence-electron chi connectivity index (χ2n) is 1.10. The minimum absolute atomic E-state index is 0. The third-order valence-electron chi connectivity index (χ3n) is 0.344. The molecular formula is H2O12PtS4. The molecule has 0 aromatic heterocycles. The van der Waals surface area contributed by atoms with Crippen LogP contribution in [0.15, 0.2) is 0 Å². The van der Waals surface area contributed by atoms with Crippen molar-refractivity contribution < 1.29 is 73.4 Å². The van der Waals surface area contributed by atoms with Crippen molar-refractivity contribution in [1.82, 2.24) is 0 Å². The van der Waals surface area contributed by atoms with Crippen molar-refractivity contribution in [3.05, 3.63) is 0 Å². The molecule has 4 unspecified atom stereocenters. The molecule has 0 aliphatic rings. The molecule has 0 saturated heterocycles. The zero-order valence-corrected chi connectivity index (χ0v) is 12.5. The zero-order valence-electron chi connectivity index (χ0n) is 6.93. The maximum atomic E-state index is 9.65. The molecule has 4 atom stereocenters. The van der Waals surface area contributed by atoms with E-state index in [1.165, 1.54) is 0 Å². The molecule has 0 radical (unpaired) electrons. The summed E-state index contributed by atoms with van der Waals surface area (Å²) in [4.78, 5) is 0. The summed E-state index contributed by atoms with van der Waals surface area (Å²) in [7, 11) is 0. The van der Waals surface area contributed by atoms with Crippen LogP contribution in [0.4, 0.5) is 0 Å². The van der Waals surface area contributed by atoms with Gasteiger partial charge in [-0.25, -0.2) is 18.9 Å². The van der Waals surface area contributed by atoms with E-state index in [9.17, 15) is 25.9 Å². The van der Waals surface area contributed by atoms with Crippen LogP contribution < -0.4 is 0 Å². The molecule has 12 nitrogen and oxygen atoms in total. The van der Waals surface area contributed by atoms with Gasteiger partial charge < -0.3 is 9.11 Å². The molecule has 0 bridgehead atoms. The first-order valence-corrected chi connectivity index (χ1v) is 6.37. The van der Waals surface area contributed by atoms with E-state index >= 15 is 0 Å². The van der Waals surface area contributed by atoms with Crippen molar-refractivity contribution in [2.24, 2.45) is 0 Å². The third-order valence-corrected chi connectivity index (χ3v) is 2.37. The molecule has 0 saturated carbocycles. The quantitative estimate of drug-likeness (QED) is 0.218. The van der Waals surface area contributed by atoms with Gasteiger partial charge in [-0.1, -0.05) is 0 Å². The van der Waals surface area contributed by atoms with Gasteiger partial charge in [0.05, 0.1) is 0 Å². The molecule has 2 N–H and O–H groups in total. The molecular weight excluding hydrogens is 515 g/mol. The van der Waals surface area contributed by atoms with Gasteiger partial charge in [-0.05, 0) is 0 Å². The van der Waals surface area contributed by atoms with E-state index in [4.69, 9.17) is 10.5 Å². The summed E-state index contributed by atoms with van der Waals surface area (Å²) >= 11 is -11.1. The fourth-order valence-corrected chi connectivity index (χ4v) is 1.04. The first-order chi connectivity index (χ1) is 7.33. The summed E-state index contributed by atoms with van der Waals surface area (Å²) in [5.74, 6) is 0. The molecule has 0 aromatic rings. The molecule has 0 heterocycles. The Morgan fingerprint density at radius 3 is 1.06 bits per heavy atom. The third kappa shape index (κ3) is 22.6. The van der Waals surface area contributed by atoms with Crippen molar-refractivity contribution >= 4 is 45.4 Å². The van der Waals surface area contributed by atoms with Crippen molar-refractivity contribution in [3.8, 4) is 0 Å². The van der Waals surface area contributed by atoms with E-state index in [-0.39, 0.29) is 21.1 Å². The van der Waals surface area contributed by atoms with Crippen molar-refractivity contribution in [3.63, 3.8) is 0 Å². The molecule has 0 spiro atoms. The second kappa shape index (κ2) is 15.0. The summed E-state index contributed by atoms with van der Waals surface area (Å²) in [5, 5.41) is 14.8. The predicted molar refractivity (Wildman–Crippen MR) is 43.7 cm³/mol. The summed E-state index contributed by atoms with van der Waals surface area (Å²) in [6, 6.07) is 0. The topological polar surface area (TPSA) is 192 Å². The van der Waals surface area contributed by atoms with Crippen LogP contribution in [0.2, 0.25) is 0 Å². The Kier molecular flexibility index (Phi) is 20.4. The molecule has 0 rings (SSSR count). The molecule has 17 heteroatoms. The number of hydrogen-bond acceptors (Lipinski definition) is 12. The summed E-state index contributed by atoms with van der Waals surface area (Å²) in [5.41, 5.74) is 0. The van der Waals surface area contributed by atoms with Crippen LogP contribution >= 0.6 is 0 Å². The standard InChI is InChI=1S/2H2O6S2.Pt/c2*1-5-8(4)6-7(2)3;/h2*1H,(H,2,3);/q;;+2/p-2. The van der Waals surface area contributed by atoms with Crippen LogP contribution in [0.25, 0.3) is 0 Å². The van der Waals surface area contributed by atoms with E-state index in [0.29, 0.717) is 0 Å². The van der Waals surface area contributed by atoms with Gasteiger partial charge in [0.15, 0.2) is 0 Å². The second-order valence-corrected chi connectivity index (χ2v) is 4.12. The Balaban J connectivity index is -0.000000218. The van der Waals surface area contributed by atoms with Crippen molar-refractivity contribution in [1.29, 1.82) is 0 Å². The number of hydrogen-bond donors (Lipinski definition) is 2. The molecule has 17 heavy (non-hydrogen) atoms. The molecule has 0 fully saturated rings. The molecule has 0 aliphatic carbocycles. The van der Waals surface area contributed by atoms with Crippen molar-refractivity contribution in [2.45, 2.75) is 0 Å². The summed E-state index contributed by atoms with van der Waals surface area (Å²) < 4.78 is 69.2. The van der Waals surface area contributed by atoms with E-state index in [1.807, 2.05) is 0 Å². The Morgan fingerprint density at radius 2 is 1.00 bits per heavy atom. The maximum Gasteiger partial charge on any atom is 2.00 e. The van der Waals surface area contributed by atoms with Gasteiger partial charge in [-0.15, -0.1) is 8.67 Å².